The molecule has 1 atom stereocenters. The summed E-state index contributed by atoms with van der Waals surface area (Å²) < 4.78 is 0. The lowest BCUT2D eigenvalue weighted by Crippen LogP contribution is -2.28. The van der Waals surface area contributed by atoms with E-state index in [1.165, 1.54) is 16.5 Å². The zero-order chi connectivity index (χ0) is 10.3. The number of hydrogen-bond donors (Lipinski definition) is 1. The summed E-state index contributed by atoms with van der Waals surface area (Å²) in [5.74, 6) is 0. The summed E-state index contributed by atoms with van der Waals surface area (Å²) in [6.07, 6.45) is 5.04. The van der Waals surface area contributed by atoms with Crippen molar-refractivity contribution in [3.8, 4) is 0 Å². The molecule has 0 aliphatic heterocycles. The molecule has 0 fully saturated rings. The third-order valence-corrected chi connectivity index (χ3v) is 3.23. The summed E-state index contributed by atoms with van der Waals surface area (Å²) in [5, 5.41) is 1.23. The third-order valence-electron chi connectivity index (χ3n) is 3.23. The van der Waals surface area contributed by atoms with Crippen molar-refractivity contribution in [2.75, 3.05) is 0 Å². The van der Waals surface area contributed by atoms with Gasteiger partial charge in [0.15, 0.2) is 0 Å². The molecule has 1 aliphatic rings. The molecular formula is C13H14N2. The maximum atomic E-state index is 6.01. The zero-order valence-corrected chi connectivity index (χ0v) is 8.61. The third kappa shape index (κ3) is 1.41. The van der Waals surface area contributed by atoms with E-state index in [9.17, 15) is 0 Å². The van der Waals surface area contributed by atoms with Crippen LogP contribution in [0.3, 0.4) is 0 Å². The van der Waals surface area contributed by atoms with Gasteiger partial charge in [0.2, 0.25) is 0 Å². The molecule has 2 aromatic rings. The Labute approximate surface area is 89.1 Å². The van der Waals surface area contributed by atoms with Crippen molar-refractivity contribution in [1.29, 1.82) is 0 Å². The van der Waals surface area contributed by atoms with Crippen molar-refractivity contribution in [3.63, 3.8) is 0 Å². The van der Waals surface area contributed by atoms with E-state index >= 15 is 0 Å². The van der Waals surface area contributed by atoms with Crippen LogP contribution in [0.4, 0.5) is 0 Å². The first-order valence-electron chi connectivity index (χ1n) is 5.45. The van der Waals surface area contributed by atoms with E-state index in [4.69, 9.17) is 5.73 Å². The minimum Gasteiger partial charge on any atom is -0.327 e. The van der Waals surface area contributed by atoms with E-state index < -0.39 is 0 Å². The Bertz CT molecular complexity index is 505. The van der Waals surface area contributed by atoms with Gasteiger partial charge in [-0.3, -0.25) is 4.98 Å². The van der Waals surface area contributed by atoms with Crippen molar-refractivity contribution in [3.05, 3.63) is 41.6 Å². The molecule has 2 nitrogen and oxygen atoms in total. The van der Waals surface area contributed by atoms with Gasteiger partial charge in [-0.2, -0.15) is 0 Å². The molecule has 0 spiro atoms. The lowest BCUT2D eigenvalue weighted by Gasteiger charge is -2.22. The quantitative estimate of drug-likeness (QED) is 0.703. The minimum atomic E-state index is 0.310. The van der Waals surface area contributed by atoms with E-state index in [0.29, 0.717) is 6.04 Å². The highest BCUT2D eigenvalue weighted by atomic mass is 14.7. The summed E-state index contributed by atoms with van der Waals surface area (Å²) in [4.78, 5) is 4.47. The van der Waals surface area contributed by atoms with Crippen LogP contribution >= 0.6 is 0 Å². The maximum Gasteiger partial charge on any atom is 0.0737 e. The first kappa shape index (κ1) is 8.86. The van der Waals surface area contributed by atoms with Crippen LogP contribution < -0.4 is 5.73 Å². The molecular weight excluding hydrogens is 184 g/mol. The molecule has 0 bridgehead atoms. The highest BCUT2D eigenvalue weighted by Crippen LogP contribution is 2.26. The van der Waals surface area contributed by atoms with Crippen LogP contribution in [-0.2, 0) is 12.8 Å². The molecule has 0 saturated heterocycles. The number of aryl methyl sites for hydroxylation is 1. The number of hydrogen-bond acceptors (Lipinski definition) is 2. The molecule has 1 heterocycles. The molecule has 76 valence electrons. The van der Waals surface area contributed by atoms with Gasteiger partial charge >= 0.3 is 0 Å². The SMILES string of the molecule is NC1CCc2ccc3cccnc3c2C1. The largest absolute Gasteiger partial charge is 0.327 e. The summed E-state index contributed by atoms with van der Waals surface area (Å²) in [6, 6.07) is 8.80. The van der Waals surface area contributed by atoms with Gasteiger partial charge in [0.05, 0.1) is 5.52 Å². The number of aromatic nitrogens is 1. The smallest absolute Gasteiger partial charge is 0.0737 e. The van der Waals surface area contributed by atoms with Crippen LogP contribution in [-0.4, -0.2) is 11.0 Å². The van der Waals surface area contributed by atoms with E-state index in [2.05, 4.69) is 23.2 Å². The van der Waals surface area contributed by atoms with Crippen LogP contribution in [0.1, 0.15) is 17.5 Å². The Hall–Kier alpha value is -1.41. The van der Waals surface area contributed by atoms with Gasteiger partial charge in [0.25, 0.3) is 0 Å². The maximum absolute atomic E-state index is 6.01. The van der Waals surface area contributed by atoms with Crippen LogP contribution in [0, 0.1) is 0 Å². The molecule has 1 aromatic heterocycles. The number of fused-ring (bicyclic) bond motifs is 3. The predicted molar refractivity (Wildman–Crippen MR) is 61.7 cm³/mol. The van der Waals surface area contributed by atoms with Crippen molar-refractivity contribution < 1.29 is 0 Å². The summed E-state index contributed by atoms with van der Waals surface area (Å²) in [7, 11) is 0. The average Bonchev–Trinajstić information content (AvgIpc) is 2.29. The second kappa shape index (κ2) is 3.31. The molecule has 0 amide bonds. The molecule has 2 N–H and O–H groups in total. The molecule has 1 unspecified atom stereocenters. The minimum absolute atomic E-state index is 0.310. The van der Waals surface area contributed by atoms with Crippen LogP contribution in [0.15, 0.2) is 30.5 Å². The number of rotatable bonds is 0. The molecule has 3 rings (SSSR count). The number of nitrogens with zero attached hydrogens (tertiary/aromatic N) is 1. The Morgan fingerprint density at radius 1 is 1.27 bits per heavy atom. The Kier molecular flexibility index (Phi) is 1.96. The van der Waals surface area contributed by atoms with Gasteiger partial charge in [0, 0.05) is 17.6 Å². The van der Waals surface area contributed by atoms with Crippen LogP contribution in [0.5, 0.6) is 0 Å². The molecule has 2 heteroatoms. The van der Waals surface area contributed by atoms with E-state index in [-0.39, 0.29) is 0 Å². The zero-order valence-electron chi connectivity index (χ0n) is 8.61. The van der Waals surface area contributed by atoms with E-state index in [0.717, 1.165) is 24.8 Å². The van der Waals surface area contributed by atoms with Crippen LogP contribution in [0.2, 0.25) is 0 Å². The average molecular weight is 198 g/mol. The molecule has 0 radical (unpaired) electrons. The first-order valence-corrected chi connectivity index (χ1v) is 5.45. The van der Waals surface area contributed by atoms with Gasteiger partial charge < -0.3 is 5.73 Å². The van der Waals surface area contributed by atoms with E-state index in [1.54, 1.807) is 0 Å². The van der Waals surface area contributed by atoms with Crippen molar-refractivity contribution >= 4 is 10.9 Å². The second-order valence-corrected chi connectivity index (χ2v) is 4.28. The summed E-state index contributed by atoms with van der Waals surface area (Å²) in [5.41, 5.74) is 9.96. The van der Waals surface area contributed by atoms with Crippen molar-refractivity contribution in [2.24, 2.45) is 5.73 Å². The molecule has 15 heavy (non-hydrogen) atoms. The fraction of sp³-hybridized carbons (Fsp3) is 0.308. The standard InChI is InChI=1S/C13H14N2/c14-11-6-5-9-3-4-10-2-1-7-15-13(10)12(9)8-11/h1-4,7,11H,5-6,8,14H2. The highest BCUT2D eigenvalue weighted by Gasteiger charge is 2.17. The predicted octanol–water partition coefficient (Wildman–Crippen LogP) is 2.05. The first-order chi connectivity index (χ1) is 7.34. The number of benzene rings is 1. The Balaban J connectivity index is 2.28. The summed E-state index contributed by atoms with van der Waals surface area (Å²) >= 11 is 0. The molecule has 0 saturated carbocycles. The topological polar surface area (TPSA) is 38.9 Å². The van der Waals surface area contributed by atoms with Crippen molar-refractivity contribution in [1.82, 2.24) is 4.98 Å². The van der Waals surface area contributed by atoms with Crippen LogP contribution in [0.25, 0.3) is 10.9 Å². The Morgan fingerprint density at radius 2 is 2.20 bits per heavy atom. The fourth-order valence-electron chi connectivity index (χ4n) is 2.41. The second-order valence-electron chi connectivity index (χ2n) is 4.28. The van der Waals surface area contributed by atoms with Gasteiger partial charge in [-0.15, -0.1) is 0 Å². The normalized spacial score (nSPS) is 20.2. The number of pyridine rings is 1. The fourth-order valence-corrected chi connectivity index (χ4v) is 2.41. The van der Waals surface area contributed by atoms with E-state index in [1.807, 2.05) is 12.3 Å². The Morgan fingerprint density at radius 3 is 3.13 bits per heavy atom. The van der Waals surface area contributed by atoms with Crippen molar-refractivity contribution in [2.45, 2.75) is 25.3 Å². The monoisotopic (exact) mass is 198 g/mol. The van der Waals surface area contributed by atoms with Gasteiger partial charge in [-0.25, -0.2) is 0 Å². The number of nitrogens with two attached hydrogens (primary N) is 1. The lowest BCUT2D eigenvalue weighted by atomic mass is 9.87. The molecule has 1 aromatic carbocycles. The van der Waals surface area contributed by atoms with Gasteiger partial charge in [0.1, 0.15) is 0 Å². The lowest BCUT2D eigenvalue weighted by molar-refractivity contribution is 0.579. The summed E-state index contributed by atoms with van der Waals surface area (Å²) in [6.45, 7) is 0. The highest BCUT2D eigenvalue weighted by molar-refractivity contribution is 5.83. The van der Waals surface area contributed by atoms with Gasteiger partial charge in [-0.1, -0.05) is 18.2 Å². The van der Waals surface area contributed by atoms with Gasteiger partial charge in [-0.05, 0) is 36.5 Å². The molecule has 1 aliphatic carbocycles.